The molecule has 0 aliphatic carbocycles. The standard InChI is InChI=1S/C24H30N2O6/c1-29-19-13-17(14-20(15-19)30-2)24(28)25-18-7-9-26(10-8-18)23(27)12-16-5-6-21(31-3)22(11-16)32-4/h5-6,11,13-15,18H,7-10,12H2,1-4H3,(H,25,28). The van der Waals surface area contributed by atoms with Gasteiger partial charge in [-0.15, -0.1) is 0 Å². The van der Waals surface area contributed by atoms with Crippen molar-refractivity contribution in [2.75, 3.05) is 41.5 Å². The molecule has 1 saturated heterocycles. The fraction of sp³-hybridized carbons (Fsp3) is 0.417. The lowest BCUT2D eigenvalue weighted by Crippen LogP contribution is -2.47. The van der Waals surface area contributed by atoms with Crippen LogP contribution >= 0.6 is 0 Å². The average Bonchev–Trinajstić information content (AvgIpc) is 2.83. The minimum Gasteiger partial charge on any atom is -0.497 e. The minimum absolute atomic E-state index is 0.00447. The van der Waals surface area contributed by atoms with Gasteiger partial charge in [-0.3, -0.25) is 9.59 Å². The molecular weight excluding hydrogens is 412 g/mol. The number of ether oxygens (including phenoxy) is 4. The summed E-state index contributed by atoms with van der Waals surface area (Å²) in [6, 6.07) is 10.6. The number of hydrogen-bond donors (Lipinski definition) is 1. The Kier molecular flexibility index (Phi) is 7.81. The zero-order valence-electron chi connectivity index (χ0n) is 19.0. The van der Waals surface area contributed by atoms with E-state index in [0.29, 0.717) is 60.9 Å². The third-order valence-corrected chi connectivity index (χ3v) is 5.60. The van der Waals surface area contributed by atoms with E-state index in [4.69, 9.17) is 18.9 Å². The van der Waals surface area contributed by atoms with Crippen molar-refractivity contribution in [3.63, 3.8) is 0 Å². The first-order valence-corrected chi connectivity index (χ1v) is 10.5. The topological polar surface area (TPSA) is 86.3 Å². The Balaban J connectivity index is 1.54. The number of likely N-dealkylation sites (tertiary alicyclic amines) is 1. The predicted molar refractivity (Wildman–Crippen MR) is 120 cm³/mol. The van der Waals surface area contributed by atoms with Gasteiger partial charge in [-0.25, -0.2) is 0 Å². The van der Waals surface area contributed by atoms with E-state index in [9.17, 15) is 9.59 Å². The van der Waals surface area contributed by atoms with E-state index in [0.717, 1.165) is 5.56 Å². The number of hydrogen-bond acceptors (Lipinski definition) is 6. The van der Waals surface area contributed by atoms with Crippen molar-refractivity contribution in [2.24, 2.45) is 0 Å². The second-order valence-electron chi connectivity index (χ2n) is 7.60. The van der Waals surface area contributed by atoms with E-state index in [1.165, 1.54) is 0 Å². The van der Waals surface area contributed by atoms with E-state index in [2.05, 4.69) is 5.32 Å². The van der Waals surface area contributed by atoms with Crippen molar-refractivity contribution in [3.05, 3.63) is 47.5 Å². The van der Waals surface area contributed by atoms with Crippen LogP contribution in [0.3, 0.4) is 0 Å². The van der Waals surface area contributed by atoms with Gasteiger partial charge in [0.05, 0.1) is 34.9 Å². The Morgan fingerprint density at radius 2 is 1.50 bits per heavy atom. The molecule has 1 N–H and O–H groups in total. The van der Waals surface area contributed by atoms with Crippen LogP contribution in [0.15, 0.2) is 36.4 Å². The molecule has 0 atom stereocenters. The number of carbonyl (C=O) groups is 2. The quantitative estimate of drug-likeness (QED) is 0.677. The van der Waals surface area contributed by atoms with Gasteiger partial charge in [-0.2, -0.15) is 0 Å². The third-order valence-electron chi connectivity index (χ3n) is 5.60. The molecule has 32 heavy (non-hydrogen) atoms. The molecule has 2 aromatic rings. The predicted octanol–water partition coefficient (Wildman–Crippen LogP) is 2.68. The highest BCUT2D eigenvalue weighted by Crippen LogP contribution is 2.28. The Bertz CT molecular complexity index is 931. The molecule has 8 nitrogen and oxygen atoms in total. The van der Waals surface area contributed by atoms with E-state index in [1.54, 1.807) is 52.7 Å². The molecule has 0 bridgehead atoms. The molecule has 1 heterocycles. The zero-order chi connectivity index (χ0) is 23.1. The molecule has 8 heteroatoms. The number of amides is 2. The maximum Gasteiger partial charge on any atom is 0.251 e. The van der Waals surface area contributed by atoms with E-state index in [1.807, 2.05) is 17.0 Å². The van der Waals surface area contributed by atoms with Crippen molar-refractivity contribution in [2.45, 2.75) is 25.3 Å². The first-order chi connectivity index (χ1) is 15.5. The Hall–Kier alpha value is -3.42. The van der Waals surface area contributed by atoms with Crippen molar-refractivity contribution in [1.29, 1.82) is 0 Å². The Morgan fingerprint density at radius 3 is 2.06 bits per heavy atom. The minimum atomic E-state index is -0.183. The Morgan fingerprint density at radius 1 is 0.875 bits per heavy atom. The first-order valence-electron chi connectivity index (χ1n) is 10.5. The highest BCUT2D eigenvalue weighted by atomic mass is 16.5. The summed E-state index contributed by atoms with van der Waals surface area (Å²) in [6.45, 7) is 1.19. The highest BCUT2D eigenvalue weighted by Gasteiger charge is 2.25. The van der Waals surface area contributed by atoms with Crippen molar-refractivity contribution in [3.8, 4) is 23.0 Å². The molecule has 2 amide bonds. The molecule has 0 radical (unpaired) electrons. The van der Waals surface area contributed by atoms with Crippen LogP contribution in [0, 0.1) is 0 Å². The lowest BCUT2D eigenvalue weighted by Gasteiger charge is -2.32. The molecule has 0 aromatic heterocycles. The van der Waals surface area contributed by atoms with Crippen LogP contribution in [0.5, 0.6) is 23.0 Å². The summed E-state index contributed by atoms with van der Waals surface area (Å²) < 4.78 is 21.0. The zero-order valence-corrected chi connectivity index (χ0v) is 19.0. The molecule has 1 aliphatic rings. The molecular formula is C24H30N2O6. The molecule has 2 aromatic carbocycles. The fourth-order valence-electron chi connectivity index (χ4n) is 3.76. The summed E-state index contributed by atoms with van der Waals surface area (Å²) >= 11 is 0. The van der Waals surface area contributed by atoms with Gasteiger partial charge in [-0.1, -0.05) is 6.07 Å². The Labute approximate surface area is 188 Å². The number of methoxy groups -OCH3 is 4. The van der Waals surface area contributed by atoms with Gasteiger partial charge in [0, 0.05) is 30.8 Å². The maximum atomic E-state index is 12.8. The SMILES string of the molecule is COc1cc(OC)cc(C(=O)NC2CCN(C(=O)Cc3ccc(OC)c(OC)c3)CC2)c1. The van der Waals surface area contributed by atoms with Gasteiger partial charge in [0.1, 0.15) is 11.5 Å². The lowest BCUT2D eigenvalue weighted by atomic mass is 10.0. The summed E-state index contributed by atoms with van der Waals surface area (Å²) in [6.07, 6.45) is 1.69. The van der Waals surface area contributed by atoms with Crippen LogP contribution in [0.25, 0.3) is 0 Å². The van der Waals surface area contributed by atoms with Crippen molar-refractivity contribution >= 4 is 11.8 Å². The molecule has 1 aliphatic heterocycles. The number of rotatable bonds is 8. The lowest BCUT2D eigenvalue weighted by molar-refractivity contribution is -0.131. The van der Waals surface area contributed by atoms with Crippen LogP contribution in [0.4, 0.5) is 0 Å². The van der Waals surface area contributed by atoms with Gasteiger partial charge in [0.2, 0.25) is 5.91 Å². The maximum absolute atomic E-state index is 12.8. The number of benzene rings is 2. The van der Waals surface area contributed by atoms with Crippen LogP contribution in [-0.2, 0) is 11.2 Å². The molecule has 0 saturated carbocycles. The van der Waals surface area contributed by atoms with E-state index in [-0.39, 0.29) is 17.9 Å². The summed E-state index contributed by atoms with van der Waals surface area (Å²) in [4.78, 5) is 27.3. The fourth-order valence-corrected chi connectivity index (χ4v) is 3.76. The largest absolute Gasteiger partial charge is 0.497 e. The molecule has 0 unspecified atom stereocenters. The van der Waals surface area contributed by atoms with Gasteiger partial charge in [-0.05, 0) is 42.7 Å². The molecule has 3 rings (SSSR count). The van der Waals surface area contributed by atoms with Crippen molar-refractivity contribution < 1.29 is 28.5 Å². The van der Waals surface area contributed by atoms with Crippen LogP contribution in [0.1, 0.15) is 28.8 Å². The monoisotopic (exact) mass is 442 g/mol. The summed E-state index contributed by atoms with van der Waals surface area (Å²) in [7, 11) is 6.25. The van der Waals surface area contributed by atoms with Crippen molar-refractivity contribution in [1.82, 2.24) is 10.2 Å². The number of nitrogens with zero attached hydrogens (tertiary/aromatic N) is 1. The second kappa shape index (κ2) is 10.7. The van der Waals surface area contributed by atoms with Gasteiger partial charge >= 0.3 is 0 Å². The molecule has 0 spiro atoms. The van der Waals surface area contributed by atoms with Gasteiger partial charge in [0.25, 0.3) is 5.91 Å². The number of carbonyl (C=O) groups excluding carboxylic acids is 2. The normalized spacial score (nSPS) is 13.9. The third kappa shape index (κ3) is 5.63. The summed E-state index contributed by atoms with van der Waals surface area (Å²) in [5, 5.41) is 3.06. The smallest absolute Gasteiger partial charge is 0.251 e. The molecule has 1 fully saturated rings. The van der Waals surface area contributed by atoms with Crippen LogP contribution in [0.2, 0.25) is 0 Å². The van der Waals surface area contributed by atoms with Crippen LogP contribution < -0.4 is 24.3 Å². The first kappa shape index (κ1) is 23.2. The molecule has 172 valence electrons. The summed E-state index contributed by atoms with van der Waals surface area (Å²) in [5.41, 5.74) is 1.35. The van der Waals surface area contributed by atoms with E-state index < -0.39 is 0 Å². The van der Waals surface area contributed by atoms with Crippen LogP contribution in [-0.4, -0.2) is 64.3 Å². The number of nitrogens with one attached hydrogen (secondary N) is 1. The highest BCUT2D eigenvalue weighted by molar-refractivity contribution is 5.95. The summed E-state index contributed by atoms with van der Waals surface area (Å²) in [5.74, 6) is 2.23. The average molecular weight is 443 g/mol. The number of piperidine rings is 1. The van der Waals surface area contributed by atoms with E-state index >= 15 is 0 Å². The van der Waals surface area contributed by atoms with Gasteiger partial charge in [0.15, 0.2) is 11.5 Å². The second-order valence-corrected chi connectivity index (χ2v) is 7.60. The van der Waals surface area contributed by atoms with Gasteiger partial charge < -0.3 is 29.2 Å².